The Morgan fingerprint density at radius 3 is 2.20 bits per heavy atom. The quantitative estimate of drug-likeness (QED) is 0.208. The van der Waals surface area contributed by atoms with Crippen molar-refractivity contribution in [1.82, 2.24) is 20.3 Å². The number of anilines is 3. The van der Waals surface area contributed by atoms with Crippen LogP contribution < -0.4 is 24.8 Å². The van der Waals surface area contributed by atoms with E-state index < -0.39 is 5.79 Å². The number of ether oxygens (including phenoxy) is 3. The summed E-state index contributed by atoms with van der Waals surface area (Å²) in [5, 5.41) is 19.1. The normalized spacial score (nSPS) is 20.7. The van der Waals surface area contributed by atoms with Crippen molar-refractivity contribution in [3.63, 3.8) is 0 Å². The Kier molecular flexibility index (Phi) is 10.6. The number of nitrogens with zero attached hydrogens (tertiary/aromatic N) is 6. The lowest BCUT2D eigenvalue weighted by Gasteiger charge is -2.37. The molecule has 2 saturated heterocycles. The van der Waals surface area contributed by atoms with Gasteiger partial charge in [-0.05, 0) is 67.8 Å². The van der Waals surface area contributed by atoms with Crippen LogP contribution in [0.25, 0.3) is 0 Å². The summed E-state index contributed by atoms with van der Waals surface area (Å²) in [4.78, 5) is 20.2. The summed E-state index contributed by atoms with van der Waals surface area (Å²) in [6.07, 6.45) is 5.79. The van der Waals surface area contributed by atoms with E-state index in [0.717, 1.165) is 62.5 Å². The van der Waals surface area contributed by atoms with Gasteiger partial charge in [0.25, 0.3) is 0 Å². The van der Waals surface area contributed by atoms with Gasteiger partial charge in [0.2, 0.25) is 0 Å². The molecule has 45 heavy (non-hydrogen) atoms. The number of rotatable bonds is 13. The van der Waals surface area contributed by atoms with E-state index in [-0.39, 0.29) is 18.2 Å². The van der Waals surface area contributed by atoms with Gasteiger partial charge >= 0.3 is 6.03 Å². The van der Waals surface area contributed by atoms with Gasteiger partial charge < -0.3 is 29.3 Å². The lowest BCUT2D eigenvalue weighted by Crippen LogP contribution is -2.46. The molecule has 3 unspecified atom stereocenters. The van der Waals surface area contributed by atoms with Crippen molar-refractivity contribution in [3.8, 4) is 5.75 Å². The van der Waals surface area contributed by atoms with Crippen LogP contribution in [0.5, 0.6) is 5.75 Å². The summed E-state index contributed by atoms with van der Waals surface area (Å²) in [6, 6.07) is 15.8. The van der Waals surface area contributed by atoms with Crippen LogP contribution in [-0.2, 0) is 16.0 Å². The van der Waals surface area contributed by atoms with Gasteiger partial charge in [-0.2, -0.15) is 15.0 Å². The molecule has 2 N–H and O–H groups in total. The number of hydrogen-bond donors (Lipinski definition) is 2. The monoisotopic (exact) mass is 618 g/mol. The van der Waals surface area contributed by atoms with Crippen molar-refractivity contribution >= 4 is 29.4 Å². The van der Waals surface area contributed by atoms with Crippen LogP contribution in [-0.4, -0.2) is 84.7 Å². The van der Waals surface area contributed by atoms with Crippen LogP contribution in [0.15, 0.2) is 60.9 Å². The minimum atomic E-state index is -0.750. The molecule has 3 aromatic rings. The SMILES string of the molecule is CCC(C)NC(=O)N(C=N)c1ccc(N2CCN(c3ccc(OCC4COC(CC(C)C)(Cn5nccn5)O4)cc3)CC2)cc1. The molecule has 12 heteroatoms. The number of carbonyl (C=O) groups is 1. The average Bonchev–Trinajstić information content (AvgIpc) is 3.70. The molecule has 0 bridgehead atoms. The standard InChI is InChI=1S/C33H46N8O4/c1-5-26(4)37-32(42)40(24-34)29-8-6-27(7-9-29)38-16-18-39(19-17-38)28-10-12-30(13-11-28)43-21-31-22-44-33(45-31,20-25(2)3)23-41-35-14-15-36-41/h6-15,24-26,31,34H,5,16-23H2,1-4H3,(H,37,42). The number of piperazine rings is 1. The van der Waals surface area contributed by atoms with Crippen LogP contribution >= 0.6 is 0 Å². The van der Waals surface area contributed by atoms with E-state index in [4.69, 9.17) is 19.6 Å². The maximum absolute atomic E-state index is 12.5. The number of aromatic nitrogens is 3. The van der Waals surface area contributed by atoms with E-state index in [2.05, 4.69) is 51.3 Å². The topological polar surface area (TPSA) is 121 Å². The van der Waals surface area contributed by atoms with Crippen molar-refractivity contribution in [2.45, 2.75) is 65.0 Å². The molecule has 2 fully saturated rings. The number of nitrogens with one attached hydrogen (secondary N) is 2. The number of amides is 2. The minimum absolute atomic E-state index is 0.0494. The summed E-state index contributed by atoms with van der Waals surface area (Å²) in [6.45, 7) is 13.1. The number of urea groups is 1. The van der Waals surface area contributed by atoms with Crippen LogP contribution in [0.1, 0.15) is 40.5 Å². The summed E-state index contributed by atoms with van der Waals surface area (Å²) in [5.74, 6) is 0.445. The highest BCUT2D eigenvalue weighted by Crippen LogP contribution is 2.32. The first-order chi connectivity index (χ1) is 21.8. The molecule has 3 atom stereocenters. The van der Waals surface area contributed by atoms with E-state index in [1.54, 1.807) is 17.2 Å². The highest BCUT2D eigenvalue weighted by molar-refractivity contribution is 6.06. The maximum atomic E-state index is 12.5. The number of carbonyl (C=O) groups excluding carboxylic acids is 1. The zero-order valence-electron chi connectivity index (χ0n) is 26.8. The molecule has 0 saturated carbocycles. The second-order valence-corrected chi connectivity index (χ2v) is 12.2. The first-order valence-corrected chi connectivity index (χ1v) is 15.9. The molecule has 5 rings (SSSR count). The summed E-state index contributed by atoms with van der Waals surface area (Å²) >= 11 is 0. The van der Waals surface area contributed by atoms with Crippen molar-refractivity contribution < 1.29 is 19.0 Å². The Morgan fingerprint density at radius 1 is 1.04 bits per heavy atom. The molecule has 0 spiro atoms. The maximum Gasteiger partial charge on any atom is 0.327 e. The Balaban J connectivity index is 1.09. The van der Waals surface area contributed by atoms with Crippen LogP contribution in [0.2, 0.25) is 0 Å². The molecule has 0 aliphatic carbocycles. The fourth-order valence-electron chi connectivity index (χ4n) is 5.74. The van der Waals surface area contributed by atoms with E-state index in [0.29, 0.717) is 31.4 Å². The highest BCUT2D eigenvalue weighted by Gasteiger charge is 2.43. The summed E-state index contributed by atoms with van der Waals surface area (Å²) < 4.78 is 18.7. The fraction of sp³-hybridized carbons (Fsp3) is 0.515. The Hall–Kier alpha value is -4.16. The second-order valence-electron chi connectivity index (χ2n) is 12.2. The fourth-order valence-corrected chi connectivity index (χ4v) is 5.74. The molecule has 2 aliphatic rings. The van der Waals surface area contributed by atoms with Crippen molar-refractivity contribution in [1.29, 1.82) is 5.41 Å². The van der Waals surface area contributed by atoms with Gasteiger partial charge in [-0.1, -0.05) is 20.8 Å². The molecular weight excluding hydrogens is 572 g/mol. The van der Waals surface area contributed by atoms with Gasteiger partial charge in [-0.15, -0.1) is 0 Å². The minimum Gasteiger partial charge on any atom is -0.491 e. The molecule has 2 aliphatic heterocycles. The van der Waals surface area contributed by atoms with Gasteiger partial charge in [0.15, 0.2) is 5.79 Å². The average molecular weight is 619 g/mol. The largest absolute Gasteiger partial charge is 0.491 e. The molecule has 12 nitrogen and oxygen atoms in total. The third kappa shape index (κ3) is 8.31. The molecule has 0 radical (unpaired) electrons. The van der Waals surface area contributed by atoms with E-state index in [1.165, 1.54) is 4.90 Å². The van der Waals surface area contributed by atoms with Gasteiger partial charge in [0.1, 0.15) is 25.0 Å². The summed E-state index contributed by atoms with van der Waals surface area (Å²) in [7, 11) is 0. The third-order valence-corrected chi connectivity index (χ3v) is 8.22. The van der Waals surface area contributed by atoms with Gasteiger partial charge in [0, 0.05) is 50.0 Å². The predicted octanol–water partition coefficient (Wildman–Crippen LogP) is 4.76. The predicted molar refractivity (Wildman–Crippen MR) is 175 cm³/mol. The van der Waals surface area contributed by atoms with Crippen molar-refractivity contribution in [2.75, 3.05) is 54.1 Å². The Labute approximate surface area is 265 Å². The van der Waals surface area contributed by atoms with E-state index in [9.17, 15) is 4.79 Å². The van der Waals surface area contributed by atoms with Gasteiger partial charge in [-0.25, -0.2) is 4.79 Å². The van der Waals surface area contributed by atoms with E-state index in [1.807, 2.05) is 50.2 Å². The molecule has 242 valence electrons. The molecular formula is C33H46N8O4. The van der Waals surface area contributed by atoms with Gasteiger partial charge in [0.05, 0.1) is 31.0 Å². The lowest BCUT2D eigenvalue weighted by atomic mass is 10.0. The molecule has 1 aromatic heterocycles. The zero-order valence-corrected chi connectivity index (χ0v) is 26.8. The Bertz CT molecular complexity index is 1360. The van der Waals surface area contributed by atoms with Crippen LogP contribution in [0.3, 0.4) is 0 Å². The highest BCUT2D eigenvalue weighted by atomic mass is 16.8. The molecule has 2 amide bonds. The lowest BCUT2D eigenvalue weighted by molar-refractivity contribution is -0.193. The zero-order chi connectivity index (χ0) is 31.8. The van der Waals surface area contributed by atoms with Crippen molar-refractivity contribution in [3.05, 3.63) is 60.9 Å². The number of benzene rings is 2. The molecule has 3 heterocycles. The van der Waals surface area contributed by atoms with Crippen molar-refractivity contribution in [2.24, 2.45) is 5.92 Å². The smallest absolute Gasteiger partial charge is 0.327 e. The first-order valence-electron chi connectivity index (χ1n) is 15.9. The Morgan fingerprint density at radius 2 is 1.64 bits per heavy atom. The van der Waals surface area contributed by atoms with Crippen LogP contribution in [0, 0.1) is 11.3 Å². The molecule has 2 aromatic carbocycles. The van der Waals surface area contributed by atoms with Crippen LogP contribution in [0.4, 0.5) is 21.9 Å². The number of hydrogen-bond acceptors (Lipinski definition) is 9. The second kappa shape index (κ2) is 14.7. The van der Waals surface area contributed by atoms with E-state index >= 15 is 0 Å². The first kappa shape index (κ1) is 32.2. The third-order valence-electron chi connectivity index (χ3n) is 8.22. The summed E-state index contributed by atoms with van der Waals surface area (Å²) in [5.41, 5.74) is 2.93. The van der Waals surface area contributed by atoms with Gasteiger partial charge in [-0.3, -0.25) is 10.3 Å².